The standard InChI is InChI=1S/C12H20N2.ClH.Ru/c1-7-11(10-13(3)4)9-12(8-2)14(5)6;;/h7,11H,1,9-10H2,3-6H3;1H;/q;;+1/p-1. The molecule has 0 bridgehead atoms. The molecule has 0 saturated carbocycles. The number of hydrogen-bond donors (Lipinski definition) is 0. The molecule has 1 unspecified atom stereocenters. The Balaban J connectivity index is 4.74. The van der Waals surface area contributed by atoms with Crippen LogP contribution in [0.2, 0.25) is 0 Å². The maximum absolute atomic E-state index is 5.66. The Kier molecular flexibility index (Phi) is 8.85. The van der Waals surface area contributed by atoms with Crippen molar-refractivity contribution in [1.29, 1.82) is 0 Å². The van der Waals surface area contributed by atoms with E-state index in [1.54, 1.807) is 0 Å². The topological polar surface area (TPSA) is 6.48 Å². The molecule has 0 rings (SSSR count). The zero-order valence-corrected chi connectivity index (χ0v) is 12.9. The molecule has 0 radical (unpaired) electrons. The fourth-order valence-corrected chi connectivity index (χ4v) is 1.88. The summed E-state index contributed by atoms with van der Waals surface area (Å²) in [4.78, 5) is 4.23. The zero-order valence-electron chi connectivity index (χ0n) is 10.4. The monoisotopic (exact) mass is 329 g/mol. The summed E-state index contributed by atoms with van der Waals surface area (Å²) in [6.07, 6.45) is 2.93. The van der Waals surface area contributed by atoms with Crippen LogP contribution in [-0.4, -0.2) is 48.8 Å². The fourth-order valence-electron chi connectivity index (χ4n) is 1.35. The van der Waals surface area contributed by atoms with Crippen LogP contribution in [0.1, 0.15) is 6.42 Å². The Bertz CT molecular complexity index is 311. The third-order valence-electron chi connectivity index (χ3n) is 2.15. The van der Waals surface area contributed by atoms with Gasteiger partial charge in [-0.15, -0.1) is 0 Å². The molecule has 0 aromatic carbocycles. The second kappa shape index (κ2) is 8.93. The first kappa shape index (κ1) is 15.8. The molecule has 0 amide bonds. The van der Waals surface area contributed by atoms with E-state index >= 15 is 0 Å². The molecule has 2 nitrogen and oxygen atoms in total. The molecule has 0 aromatic heterocycles. The van der Waals surface area contributed by atoms with Gasteiger partial charge in [-0.2, -0.15) is 0 Å². The molecule has 0 N–H and O–H groups in total. The van der Waals surface area contributed by atoms with Gasteiger partial charge in [0.1, 0.15) is 0 Å². The van der Waals surface area contributed by atoms with Crippen LogP contribution in [0.5, 0.6) is 0 Å². The summed E-state index contributed by atoms with van der Waals surface area (Å²) in [6.45, 7) is 4.88. The van der Waals surface area contributed by atoms with E-state index in [9.17, 15) is 0 Å². The molecule has 16 heavy (non-hydrogen) atoms. The molecule has 93 valence electrons. The SMILES string of the molecule is C=CC(CC(=C=[C]=[Ru][Cl])N(C)C)CN(C)C. The van der Waals surface area contributed by atoms with Crippen molar-refractivity contribution in [2.45, 2.75) is 6.42 Å². The predicted molar refractivity (Wildman–Crippen MR) is 68.4 cm³/mol. The van der Waals surface area contributed by atoms with Gasteiger partial charge in [-0.3, -0.25) is 0 Å². The van der Waals surface area contributed by atoms with Gasteiger partial charge in [0.2, 0.25) is 0 Å². The number of halogens is 1. The molecule has 0 aromatic rings. The Hall–Kier alpha value is -0.157. The molecule has 0 spiro atoms. The van der Waals surface area contributed by atoms with Gasteiger partial charge >= 0.3 is 111 Å². The minimum atomic E-state index is -0.317. The molecule has 1 atom stereocenters. The zero-order chi connectivity index (χ0) is 12.6. The van der Waals surface area contributed by atoms with Crippen LogP contribution < -0.4 is 0 Å². The van der Waals surface area contributed by atoms with Crippen molar-refractivity contribution in [1.82, 2.24) is 9.80 Å². The van der Waals surface area contributed by atoms with Crippen LogP contribution in [0.3, 0.4) is 0 Å². The molecule has 0 aliphatic carbocycles. The van der Waals surface area contributed by atoms with Crippen LogP contribution in [-0.2, 0) is 15.7 Å². The van der Waals surface area contributed by atoms with Crippen molar-refractivity contribution in [2.75, 3.05) is 34.7 Å². The molecule has 0 fully saturated rings. The van der Waals surface area contributed by atoms with Gasteiger partial charge in [0, 0.05) is 0 Å². The Morgan fingerprint density at radius 3 is 2.44 bits per heavy atom. The molecule has 4 heteroatoms. The molecule has 0 saturated heterocycles. The second-order valence-corrected chi connectivity index (χ2v) is 5.64. The average Bonchev–Trinajstić information content (AvgIpc) is 2.21. The quantitative estimate of drug-likeness (QED) is 0.418. The predicted octanol–water partition coefficient (Wildman–Crippen LogP) is 1.98. The number of allylic oxidation sites excluding steroid dienone is 1. The maximum atomic E-state index is 5.66. The van der Waals surface area contributed by atoms with Crippen molar-refractivity contribution >= 4 is 14.0 Å². The number of nitrogens with zero attached hydrogens (tertiary/aromatic N) is 2. The first-order chi connectivity index (χ1) is 7.51. The van der Waals surface area contributed by atoms with Gasteiger partial charge in [0.05, 0.1) is 0 Å². The van der Waals surface area contributed by atoms with Gasteiger partial charge in [0.25, 0.3) is 0 Å². The van der Waals surface area contributed by atoms with E-state index in [-0.39, 0.29) is 15.7 Å². The third-order valence-corrected chi connectivity index (χ3v) is 2.93. The van der Waals surface area contributed by atoms with Gasteiger partial charge in [-0.05, 0) is 0 Å². The summed E-state index contributed by atoms with van der Waals surface area (Å²) < 4.78 is 2.99. The van der Waals surface area contributed by atoms with Crippen molar-refractivity contribution < 1.29 is 15.7 Å². The van der Waals surface area contributed by atoms with Gasteiger partial charge in [-0.25, -0.2) is 0 Å². The Labute approximate surface area is 110 Å². The molecular formula is C12H20ClN2Ru. The first-order valence-electron chi connectivity index (χ1n) is 5.05. The van der Waals surface area contributed by atoms with E-state index < -0.39 is 0 Å². The second-order valence-electron chi connectivity index (χ2n) is 4.08. The summed E-state index contributed by atoms with van der Waals surface area (Å²) in [5, 5.41) is 0. The summed E-state index contributed by atoms with van der Waals surface area (Å²) in [6, 6.07) is 0. The average molecular weight is 329 g/mol. The number of hydrogen-bond acceptors (Lipinski definition) is 2. The van der Waals surface area contributed by atoms with E-state index in [1.807, 2.05) is 20.2 Å². The third kappa shape index (κ3) is 7.17. The fraction of sp³-hybridized carbons (Fsp3) is 0.583. The van der Waals surface area contributed by atoms with Gasteiger partial charge in [0.15, 0.2) is 0 Å². The van der Waals surface area contributed by atoms with Crippen molar-refractivity contribution in [3.63, 3.8) is 0 Å². The van der Waals surface area contributed by atoms with Crippen LogP contribution in [0, 0.1) is 5.92 Å². The van der Waals surface area contributed by atoms with E-state index in [0.29, 0.717) is 5.92 Å². The summed E-state index contributed by atoms with van der Waals surface area (Å²) in [7, 11) is 13.8. The van der Waals surface area contributed by atoms with E-state index in [0.717, 1.165) is 18.7 Å². The van der Waals surface area contributed by atoms with Crippen LogP contribution in [0.25, 0.3) is 0 Å². The van der Waals surface area contributed by atoms with Gasteiger partial charge in [-0.1, -0.05) is 0 Å². The summed E-state index contributed by atoms with van der Waals surface area (Å²) in [5.74, 6) is 0.438. The van der Waals surface area contributed by atoms with Crippen LogP contribution in [0.4, 0.5) is 0 Å². The molecule has 0 aliphatic heterocycles. The van der Waals surface area contributed by atoms with E-state index in [1.165, 1.54) is 0 Å². The van der Waals surface area contributed by atoms with E-state index in [4.69, 9.17) is 9.69 Å². The summed E-state index contributed by atoms with van der Waals surface area (Å²) >= 11 is -0.317. The van der Waals surface area contributed by atoms with Crippen molar-refractivity contribution in [3.05, 3.63) is 24.1 Å². The Morgan fingerprint density at radius 1 is 1.44 bits per heavy atom. The molecule has 0 aliphatic rings. The minimum absolute atomic E-state index is 0.317. The normalized spacial score (nSPS) is 11.6. The molecular weight excluding hydrogens is 309 g/mol. The Morgan fingerprint density at radius 2 is 2.06 bits per heavy atom. The van der Waals surface area contributed by atoms with Gasteiger partial charge < -0.3 is 0 Å². The first-order valence-corrected chi connectivity index (χ1v) is 8.16. The van der Waals surface area contributed by atoms with Crippen molar-refractivity contribution in [3.8, 4) is 0 Å². The van der Waals surface area contributed by atoms with Crippen LogP contribution >= 0.6 is 9.69 Å². The summed E-state index contributed by atoms with van der Waals surface area (Å²) in [5.41, 5.74) is 4.27. The van der Waals surface area contributed by atoms with Crippen molar-refractivity contribution in [2.24, 2.45) is 5.92 Å². The number of rotatable bonds is 6. The van der Waals surface area contributed by atoms with E-state index in [2.05, 4.69) is 40.5 Å². The molecule has 0 heterocycles. The van der Waals surface area contributed by atoms with Crippen LogP contribution in [0.15, 0.2) is 24.1 Å².